The van der Waals surface area contributed by atoms with Crippen LogP contribution in [0.3, 0.4) is 0 Å². The van der Waals surface area contributed by atoms with Crippen molar-refractivity contribution in [2.24, 2.45) is 0 Å². The lowest BCUT2D eigenvalue weighted by molar-refractivity contribution is -0.385. The molecular formula is C28H37N3O6. The summed E-state index contributed by atoms with van der Waals surface area (Å²) in [6.45, 7) is 3.25. The number of aryl methyl sites for hydroxylation is 1. The van der Waals surface area contributed by atoms with Gasteiger partial charge in [0.2, 0.25) is 5.91 Å². The van der Waals surface area contributed by atoms with Crippen LogP contribution >= 0.6 is 0 Å². The summed E-state index contributed by atoms with van der Waals surface area (Å²) >= 11 is 0. The van der Waals surface area contributed by atoms with E-state index in [4.69, 9.17) is 4.74 Å². The quantitative estimate of drug-likeness (QED) is 0.114. The molecule has 0 saturated heterocycles. The van der Waals surface area contributed by atoms with E-state index in [2.05, 4.69) is 17.6 Å². The molecule has 0 aliphatic carbocycles. The first kappa shape index (κ1) is 29.5. The Morgan fingerprint density at radius 3 is 2.14 bits per heavy atom. The standard InChI is InChI=1S/C28H37N3O6/c1-3-4-5-6-7-8-9-10-11-15-26(32)29-23-14-12-13-22(18-23)28(34)37-20-27(33)30-24-17-16-21(2)25(19-24)31(35)36/h12-14,16-19H,3-11,15,20H2,1-2H3,(H,29,32)(H,30,33). The number of hydrogen-bond acceptors (Lipinski definition) is 6. The average molecular weight is 512 g/mol. The molecule has 9 nitrogen and oxygen atoms in total. The molecule has 0 unspecified atom stereocenters. The van der Waals surface area contributed by atoms with Gasteiger partial charge in [-0.3, -0.25) is 19.7 Å². The molecule has 0 aromatic heterocycles. The molecule has 0 heterocycles. The highest BCUT2D eigenvalue weighted by Gasteiger charge is 2.15. The van der Waals surface area contributed by atoms with Crippen LogP contribution < -0.4 is 10.6 Å². The van der Waals surface area contributed by atoms with E-state index in [0.29, 0.717) is 17.7 Å². The van der Waals surface area contributed by atoms with Crippen molar-refractivity contribution in [3.8, 4) is 0 Å². The third-order valence-corrected chi connectivity index (χ3v) is 5.91. The van der Waals surface area contributed by atoms with Gasteiger partial charge in [-0.2, -0.15) is 0 Å². The highest BCUT2D eigenvalue weighted by atomic mass is 16.6. The fourth-order valence-corrected chi connectivity index (χ4v) is 3.84. The van der Waals surface area contributed by atoms with Crippen LogP contribution in [0, 0.1) is 17.0 Å². The number of nitrogens with one attached hydrogen (secondary N) is 2. The van der Waals surface area contributed by atoms with E-state index in [9.17, 15) is 24.5 Å². The summed E-state index contributed by atoms with van der Waals surface area (Å²) in [5.74, 6) is -1.46. The zero-order chi connectivity index (χ0) is 27.0. The lowest BCUT2D eigenvalue weighted by Gasteiger charge is -2.09. The molecule has 2 aromatic carbocycles. The van der Waals surface area contributed by atoms with Crippen LogP contribution in [-0.4, -0.2) is 29.3 Å². The Kier molecular flexibility index (Phi) is 12.8. The second-order valence-corrected chi connectivity index (χ2v) is 9.09. The van der Waals surface area contributed by atoms with Crippen molar-refractivity contribution in [1.82, 2.24) is 0 Å². The van der Waals surface area contributed by atoms with Gasteiger partial charge in [0.1, 0.15) is 0 Å². The first-order valence-electron chi connectivity index (χ1n) is 12.9. The van der Waals surface area contributed by atoms with E-state index >= 15 is 0 Å². The van der Waals surface area contributed by atoms with Crippen molar-refractivity contribution >= 4 is 34.8 Å². The van der Waals surface area contributed by atoms with E-state index in [1.165, 1.54) is 68.9 Å². The molecule has 0 atom stereocenters. The summed E-state index contributed by atoms with van der Waals surface area (Å²) in [6, 6.07) is 10.6. The smallest absolute Gasteiger partial charge is 0.338 e. The Balaban J connectivity index is 1.72. The number of anilines is 2. The number of carbonyl (C=O) groups excluding carboxylic acids is 3. The number of esters is 1. The third-order valence-electron chi connectivity index (χ3n) is 5.91. The Morgan fingerprint density at radius 1 is 0.838 bits per heavy atom. The molecule has 0 bridgehead atoms. The SMILES string of the molecule is CCCCCCCCCCCC(=O)Nc1cccc(C(=O)OCC(=O)Nc2ccc(C)c([N+](=O)[O-])c2)c1. The fraction of sp³-hybridized carbons (Fsp3) is 0.464. The van der Waals surface area contributed by atoms with E-state index in [1.807, 2.05) is 0 Å². The maximum atomic E-state index is 12.4. The van der Waals surface area contributed by atoms with Gasteiger partial charge in [0.05, 0.1) is 10.5 Å². The Morgan fingerprint density at radius 2 is 1.46 bits per heavy atom. The summed E-state index contributed by atoms with van der Waals surface area (Å²) in [7, 11) is 0. The second-order valence-electron chi connectivity index (χ2n) is 9.09. The van der Waals surface area contributed by atoms with E-state index < -0.39 is 23.4 Å². The Labute approximate surface area is 218 Å². The van der Waals surface area contributed by atoms with Crippen molar-refractivity contribution in [2.45, 2.75) is 78.1 Å². The van der Waals surface area contributed by atoms with Crippen LogP contribution in [0.15, 0.2) is 42.5 Å². The van der Waals surface area contributed by atoms with Crippen LogP contribution in [0.25, 0.3) is 0 Å². The number of ether oxygens (including phenoxy) is 1. The summed E-state index contributed by atoms with van der Waals surface area (Å²) in [4.78, 5) is 47.3. The highest BCUT2D eigenvalue weighted by molar-refractivity contribution is 5.97. The summed E-state index contributed by atoms with van der Waals surface area (Å²) < 4.78 is 5.06. The summed E-state index contributed by atoms with van der Waals surface area (Å²) in [5.41, 5.74) is 1.25. The highest BCUT2D eigenvalue weighted by Crippen LogP contribution is 2.22. The number of nitrogens with zero attached hydrogens (tertiary/aromatic N) is 1. The molecular weight excluding hydrogens is 474 g/mol. The average Bonchev–Trinajstić information content (AvgIpc) is 2.87. The topological polar surface area (TPSA) is 128 Å². The zero-order valence-corrected chi connectivity index (χ0v) is 21.7. The van der Waals surface area contributed by atoms with Gasteiger partial charge in [-0.15, -0.1) is 0 Å². The van der Waals surface area contributed by atoms with Crippen LogP contribution in [0.1, 0.15) is 87.1 Å². The molecule has 0 spiro atoms. The first-order chi connectivity index (χ1) is 17.8. The molecule has 200 valence electrons. The number of rotatable bonds is 16. The molecule has 37 heavy (non-hydrogen) atoms. The molecule has 2 rings (SSSR count). The monoisotopic (exact) mass is 511 g/mol. The maximum Gasteiger partial charge on any atom is 0.338 e. The van der Waals surface area contributed by atoms with Crippen LogP contribution in [-0.2, 0) is 14.3 Å². The molecule has 0 fully saturated rings. The number of nitro groups is 1. The van der Waals surface area contributed by atoms with E-state index in [1.54, 1.807) is 19.1 Å². The zero-order valence-electron chi connectivity index (χ0n) is 21.7. The van der Waals surface area contributed by atoms with Crippen molar-refractivity contribution in [2.75, 3.05) is 17.2 Å². The van der Waals surface area contributed by atoms with Gasteiger partial charge in [0.15, 0.2) is 6.61 Å². The molecule has 2 N–H and O–H groups in total. The van der Waals surface area contributed by atoms with Gasteiger partial charge in [-0.25, -0.2) is 4.79 Å². The fourth-order valence-electron chi connectivity index (χ4n) is 3.84. The number of carbonyl (C=O) groups is 3. The van der Waals surface area contributed by atoms with Gasteiger partial charge < -0.3 is 15.4 Å². The third kappa shape index (κ3) is 11.2. The number of unbranched alkanes of at least 4 members (excludes halogenated alkanes) is 8. The molecule has 0 saturated carbocycles. The molecule has 2 aromatic rings. The molecule has 0 aliphatic heterocycles. The Hall–Kier alpha value is -3.75. The predicted molar refractivity (Wildman–Crippen MR) is 144 cm³/mol. The Bertz CT molecular complexity index is 1070. The normalized spacial score (nSPS) is 10.5. The lowest BCUT2D eigenvalue weighted by atomic mass is 10.1. The van der Waals surface area contributed by atoms with Crippen LogP contribution in [0.2, 0.25) is 0 Å². The number of amides is 2. The van der Waals surface area contributed by atoms with Crippen molar-refractivity contribution in [3.05, 3.63) is 63.7 Å². The minimum absolute atomic E-state index is 0.111. The maximum absolute atomic E-state index is 12.4. The second kappa shape index (κ2) is 16.1. The van der Waals surface area contributed by atoms with Gasteiger partial charge >= 0.3 is 5.97 Å². The van der Waals surface area contributed by atoms with Crippen molar-refractivity contribution in [1.29, 1.82) is 0 Å². The van der Waals surface area contributed by atoms with E-state index in [-0.39, 0.29) is 22.8 Å². The molecule has 0 aliphatic rings. The summed E-state index contributed by atoms with van der Waals surface area (Å²) in [5, 5.41) is 16.3. The van der Waals surface area contributed by atoms with Crippen molar-refractivity contribution in [3.63, 3.8) is 0 Å². The van der Waals surface area contributed by atoms with Gasteiger partial charge in [-0.1, -0.05) is 70.4 Å². The van der Waals surface area contributed by atoms with Crippen molar-refractivity contribution < 1.29 is 24.0 Å². The summed E-state index contributed by atoms with van der Waals surface area (Å²) in [6.07, 6.45) is 11.0. The minimum Gasteiger partial charge on any atom is -0.452 e. The largest absolute Gasteiger partial charge is 0.452 e. The molecule has 9 heteroatoms. The molecule has 2 amide bonds. The molecule has 0 radical (unpaired) electrons. The minimum atomic E-state index is -0.722. The number of benzene rings is 2. The van der Waals surface area contributed by atoms with Gasteiger partial charge in [0, 0.05) is 29.4 Å². The van der Waals surface area contributed by atoms with Crippen LogP contribution in [0.5, 0.6) is 0 Å². The lowest BCUT2D eigenvalue weighted by Crippen LogP contribution is -2.21. The first-order valence-corrected chi connectivity index (χ1v) is 12.9. The number of nitro benzene ring substituents is 1. The number of hydrogen-bond donors (Lipinski definition) is 2. The van der Waals surface area contributed by atoms with Gasteiger partial charge in [0.25, 0.3) is 11.6 Å². The predicted octanol–water partition coefficient (Wildman–Crippen LogP) is 6.56. The van der Waals surface area contributed by atoms with E-state index in [0.717, 1.165) is 19.3 Å². The van der Waals surface area contributed by atoms with Gasteiger partial charge in [-0.05, 0) is 37.6 Å². The van der Waals surface area contributed by atoms with Crippen LogP contribution in [0.4, 0.5) is 17.1 Å².